The minimum Gasteiger partial charge on any atom is -0.508 e. The molecule has 0 unspecified atom stereocenters. The third-order valence-electron chi connectivity index (χ3n) is 2.97. The number of amides is 1. The molecule has 3 aromatic rings. The van der Waals surface area contributed by atoms with E-state index in [0.29, 0.717) is 11.4 Å². The minimum atomic E-state index is -0.860. The number of hydrogen-bond donors (Lipinski definition) is 2. The number of nitrogens with two attached hydrogens (primary N) is 1. The monoisotopic (exact) mass is 352 g/mol. The van der Waals surface area contributed by atoms with Gasteiger partial charge < -0.3 is 15.6 Å². The number of carbonyl (C=O) groups is 1. The summed E-state index contributed by atoms with van der Waals surface area (Å²) in [5.41, 5.74) is 6.68. The maximum absolute atomic E-state index is 10.5. The molecule has 0 aliphatic carbocycles. The minimum absolute atomic E-state index is 0.0247. The Kier molecular flexibility index (Phi) is 4.87. The van der Waals surface area contributed by atoms with Crippen LogP contribution in [0.25, 0.3) is 16.3 Å². The molecule has 2 aromatic heterocycles. The van der Waals surface area contributed by atoms with Crippen molar-refractivity contribution < 1.29 is 14.6 Å². The molecule has 7 nitrogen and oxygen atoms in total. The molecule has 0 aliphatic heterocycles. The first-order chi connectivity index (χ1) is 12.1. The standard InChI is InChI=1S/C17H12N4O3S/c18-17(23)24-10-12-9-19-11(8-20-12)3-1-2-4-16-21-14-6-5-13(22)7-15(14)25-16/h2,4-9,22H,10H2,(H2,18,23)/b4-2+. The Morgan fingerprint density at radius 3 is 3.00 bits per heavy atom. The van der Waals surface area contributed by atoms with Gasteiger partial charge in [-0.05, 0) is 36.3 Å². The van der Waals surface area contributed by atoms with Crippen molar-refractivity contribution in [2.45, 2.75) is 6.61 Å². The van der Waals surface area contributed by atoms with E-state index in [4.69, 9.17) is 5.73 Å². The number of thiazole rings is 1. The van der Waals surface area contributed by atoms with Crippen molar-refractivity contribution in [2.24, 2.45) is 5.73 Å². The van der Waals surface area contributed by atoms with Gasteiger partial charge in [-0.3, -0.25) is 4.98 Å². The van der Waals surface area contributed by atoms with Gasteiger partial charge in [0.1, 0.15) is 23.1 Å². The van der Waals surface area contributed by atoms with Gasteiger partial charge in [0.25, 0.3) is 0 Å². The molecule has 0 aliphatic rings. The van der Waals surface area contributed by atoms with Crippen LogP contribution in [-0.2, 0) is 11.3 Å². The molecule has 0 radical (unpaired) electrons. The van der Waals surface area contributed by atoms with Crippen LogP contribution < -0.4 is 5.73 Å². The molecule has 0 fully saturated rings. The number of phenolic OH excluding ortho intramolecular Hbond substituents is 1. The number of carbonyl (C=O) groups excluding carboxylic acids is 1. The van der Waals surface area contributed by atoms with Crippen LogP contribution in [0.5, 0.6) is 5.75 Å². The lowest BCUT2D eigenvalue weighted by molar-refractivity contribution is 0.148. The summed E-state index contributed by atoms with van der Waals surface area (Å²) in [4.78, 5) is 23.1. The molecule has 2 heterocycles. The van der Waals surface area contributed by atoms with Gasteiger partial charge >= 0.3 is 6.09 Å². The molecule has 3 rings (SSSR count). The highest BCUT2D eigenvalue weighted by molar-refractivity contribution is 7.19. The molecule has 0 saturated heterocycles. The van der Waals surface area contributed by atoms with E-state index in [1.165, 1.54) is 23.7 Å². The number of benzene rings is 1. The number of aromatic nitrogens is 3. The van der Waals surface area contributed by atoms with E-state index < -0.39 is 6.09 Å². The summed E-state index contributed by atoms with van der Waals surface area (Å²) in [6.45, 7) is -0.0247. The van der Waals surface area contributed by atoms with Gasteiger partial charge in [0, 0.05) is 0 Å². The third kappa shape index (κ3) is 4.53. The Hall–Kier alpha value is -3.44. The fourth-order valence-electron chi connectivity index (χ4n) is 1.87. The Morgan fingerprint density at radius 2 is 2.24 bits per heavy atom. The lowest BCUT2D eigenvalue weighted by Crippen LogP contribution is -2.13. The zero-order chi connectivity index (χ0) is 17.6. The number of fused-ring (bicyclic) bond motifs is 1. The third-order valence-corrected chi connectivity index (χ3v) is 3.95. The van der Waals surface area contributed by atoms with E-state index >= 15 is 0 Å². The average molecular weight is 352 g/mol. The van der Waals surface area contributed by atoms with Gasteiger partial charge in [0.2, 0.25) is 0 Å². The highest BCUT2D eigenvalue weighted by Crippen LogP contribution is 2.26. The summed E-state index contributed by atoms with van der Waals surface area (Å²) in [5.74, 6) is 5.92. The van der Waals surface area contributed by atoms with Crippen molar-refractivity contribution in [3.8, 4) is 17.6 Å². The fraction of sp³-hybridized carbons (Fsp3) is 0.0588. The average Bonchev–Trinajstić information content (AvgIpc) is 2.99. The van der Waals surface area contributed by atoms with E-state index in [0.717, 1.165) is 15.2 Å². The van der Waals surface area contributed by atoms with Crippen LogP contribution in [0.2, 0.25) is 0 Å². The number of nitrogens with zero attached hydrogens (tertiary/aromatic N) is 3. The summed E-state index contributed by atoms with van der Waals surface area (Å²) in [6.07, 6.45) is 5.55. The smallest absolute Gasteiger partial charge is 0.404 e. The molecule has 0 spiro atoms. The Morgan fingerprint density at radius 1 is 1.36 bits per heavy atom. The topological polar surface area (TPSA) is 111 Å². The van der Waals surface area contributed by atoms with Crippen molar-refractivity contribution in [1.29, 1.82) is 0 Å². The van der Waals surface area contributed by atoms with Crippen molar-refractivity contribution in [3.05, 3.63) is 53.1 Å². The number of aromatic hydroxyl groups is 1. The first-order valence-corrected chi connectivity index (χ1v) is 7.92. The molecule has 1 aromatic carbocycles. The van der Waals surface area contributed by atoms with Gasteiger partial charge in [-0.1, -0.05) is 5.92 Å². The maximum Gasteiger partial charge on any atom is 0.404 e. The maximum atomic E-state index is 10.5. The van der Waals surface area contributed by atoms with Crippen molar-refractivity contribution in [3.63, 3.8) is 0 Å². The lowest BCUT2D eigenvalue weighted by atomic mass is 10.3. The highest BCUT2D eigenvalue weighted by atomic mass is 32.1. The van der Waals surface area contributed by atoms with E-state index in [2.05, 4.69) is 31.5 Å². The number of phenols is 1. The van der Waals surface area contributed by atoms with E-state index in [1.807, 2.05) is 0 Å². The second-order valence-corrected chi connectivity index (χ2v) is 5.87. The van der Waals surface area contributed by atoms with Crippen LogP contribution in [0, 0.1) is 11.8 Å². The molecule has 0 atom stereocenters. The first kappa shape index (κ1) is 16.4. The fourth-order valence-corrected chi connectivity index (χ4v) is 2.77. The molecule has 0 saturated carbocycles. The predicted octanol–water partition coefficient (Wildman–Crippen LogP) is 2.45. The molecule has 8 heteroatoms. The summed E-state index contributed by atoms with van der Waals surface area (Å²) >= 11 is 1.46. The second-order valence-electron chi connectivity index (χ2n) is 4.81. The zero-order valence-electron chi connectivity index (χ0n) is 12.8. The van der Waals surface area contributed by atoms with Crippen molar-refractivity contribution in [2.75, 3.05) is 0 Å². The number of ether oxygens (including phenoxy) is 1. The SMILES string of the molecule is NC(=O)OCc1cnc(C#C/C=C/c2nc3ccc(O)cc3s2)cn1. The van der Waals surface area contributed by atoms with Gasteiger partial charge in [-0.2, -0.15) is 0 Å². The van der Waals surface area contributed by atoms with Crippen LogP contribution in [-0.4, -0.2) is 26.2 Å². The second kappa shape index (κ2) is 7.42. The molecule has 3 N–H and O–H groups in total. The summed E-state index contributed by atoms with van der Waals surface area (Å²) < 4.78 is 5.52. The van der Waals surface area contributed by atoms with Crippen LogP contribution >= 0.6 is 11.3 Å². The van der Waals surface area contributed by atoms with Crippen molar-refractivity contribution in [1.82, 2.24) is 15.0 Å². The van der Waals surface area contributed by atoms with Crippen LogP contribution in [0.15, 0.2) is 36.7 Å². The molecule has 25 heavy (non-hydrogen) atoms. The normalized spacial score (nSPS) is 10.6. The van der Waals surface area contributed by atoms with E-state index in [1.54, 1.807) is 30.4 Å². The molecule has 1 amide bonds. The van der Waals surface area contributed by atoms with Gasteiger partial charge in [-0.15, -0.1) is 11.3 Å². The molecular formula is C17H12N4O3S. The van der Waals surface area contributed by atoms with Crippen LogP contribution in [0.1, 0.15) is 16.4 Å². The molecular weight excluding hydrogens is 340 g/mol. The highest BCUT2D eigenvalue weighted by Gasteiger charge is 2.01. The van der Waals surface area contributed by atoms with E-state index in [-0.39, 0.29) is 12.4 Å². The number of allylic oxidation sites excluding steroid dienone is 1. The quantitative estimate of drug-likeness (QED) is 0.700. The molecule has 0 bridgehead atoms. The van der Waals surface area contributed by atoms with Crippen LogP contribution in [0.3, 0.4) is 0 Å². The summed E-state index contributed by atoms with van der Waals surface area (Å²) in [7, 11) is 0. The van der Waals surface area contributed by atoms with Gasteiger partial charge in [0.15, 0.2) is 0 Å². The number of primary amides is 1. The summed E-state index contributed by atoms with van der Waals surface area (Å²) in [6, 6.07) is 5.05. The lowest BCUT2D eigenvalue weighted by Gasteiger charge is -1.99. The predicted molar refractivity (Wildman–Crippen MR) is 93.6 cm³/mol. The Labute approximate surface area is 146 Å². The van der Waals surface area contributed by atoms with E-state index in [9.17, 15) is 9.90 Å². The number of hydrogen-bond acceptors (Lipinski definition) is 7. The summed E-state index contributed by atoms with van der Waals surface area (Å²) in [5, 5.41) is 10.2. The van der Waals surface area contributed by atoms with Crippen LogP contribution in [0.4, 0.5) is 4.79 Å². The number of rotatable bonds is 3. The van der Waals surface area contributed by atoms with Crippen molar-refractivity contribution >= 4 is 33.7 Å². The largest absolute Gasteiger partial charge is 0.508 e. The Bertz CT molecular complexity index is 1000. The first-order valence-electron chi connectivity index (χ1n) is 7.11. The molecule has 124 valence electrons. The van der Waals surface area contributed by atoms with Gasteiger partial charge in [-0.25, -0.2) is 14.8 Å². The van der Waals surface area contributed by atoms with Gasteiger partial charge in [0.05, 0.1) is 28.3 Å². The Balaban J connectivity index is 1.64. The zero-order valence-corrected chi connectivity index (χ0v) is 13.7.